The molecule has 0 radical (unpaired) electrons. The zero-order chi connectivity index (χ0) is 22.7. The predicted molar refractivity (Wildman–Crippen MR) is 123 cm³/mol. The zero-order valence-corrected chi connectivity index (χ0v) is 18.7. The summed E-state index contributed by atoms with van der Waals surface area (Å²) in [5, 5.41) is 3.34. The van der Waals surface area contributed by atoms with Gasteiger partial charge in [0, 0.05) is 25.1 Å². The Kier molecular flexibility index (Phi) is 6.60. The molecule has 8 heteroatoms. The van der Waals surface area contributed by atoms with Crippen molar-refractivity contribution in [2.24, 2.45) is 7.05 Å². The highest BCUT2D eigenvalue weighted by Crippen LogP contribution is 2.36. The number of amides is 1. The molecule has 0 spiro atoms. The number of aromatic nitrogens is 2. The predicted octanol–water partition coefficient (Wildman–Crippen LogP) is 4.47. The first-order valence-corrected chi connectivity index (χ1v) is 11.5. The second-order valence-corrected chi connectivity index (χ2v) is 8.60. The van der Waals surface area contributed by atoms with Crippen LogP contribution in [0.3, 0.4) is 0 Å². The number of nitrogens with one attached hydrogen (secondary N) is 1. The summed E-state index contributed by atoms with van der Waals surface area (Å²) >= 11 is 1.36. The van der Waals surface area contributed by atoms with Crippen molar-refractivity contribution in [3.63, 3.8) is 0 Å². The molecular formula is C24H24FN3O3S. The Morgan fingerprint density at radius 3 is 2.56 bits per heavy atom. The van der Waals surface area contributed by atoms with Crippen molar-refractivity contribution in [3.05, 3.63) is 81.4 Å². The quantitative estimate of drug-likeness (QED) is 0.422. The molecule has 1 aliphatic rings. The van der Waals surface area contributed by atoms with Crippen LogP contribution in [-0.2, 0) is 17.6 Å². The van der Waals surface area contributed by atoms with E-state index in [4.69, 9.17) is 4.74 Å². The van der Waals surface area contributed by atoms with Gasteiger partial charge in [0.05, 0.1) is 12.2 Å². The lowest BCUT2D eigenvalue weighted by atomic mass is 9.87. The molecule has 2 heterocycles. The van der Waals surface area contributed by atoms with Gasteiger partial charge in [0.1, 0.15) is 17.4 Å². The summed E-state index contributed by atoms with van der Waals surface area (Å²) < 4.78 is 20.5. The van der Waals surface area contributed by atoms with Crippen LogP contribution >= 0.6 is 11.8 Å². The molecule has 1 atom stereocenters. The average molecular weight is 454 g/mol. The van der Waals surface area contributed by atoms with Crippen molar-refractivity contribution in [1.82, 2.24) is 9.55 Å². The number of rotatable bonds is 7. The Hall–Kier alpha value is -3.13. The summed E-state index contributed by atoms with van der Waals surface area (Å²) in [5.74, 6) is 0.937. The SMILES string of the molecule is CCCOc1ccc([C@@H]2CC(=O)Nc3c2c(=O)nc(SCc2ccc(F)cc2)n3C)cc1. The van der Waals surface area contributed by atoms with Gasteiger partial charge in [-0.3, -0.25) is 9.59 Å². The molecule has 4 rings (SSSR count). The first-order chi connectivity index (χ1) is 15.5. The minimum atomic E-state index is -0.374. The fourth-order valence-corrected chi connectivity index (χ4v) is 4.61. The molecule has 166 valence electrons. The van der Waals surface area contributed by atoms with Crippen molar-refractivity contribution < 1.29 is 13.9 Å². The van der Waals surface area contributed by atoms with Crippen molar-refractivity contribution in [2.75, 3.05) is 11.9 Å². The van der Waals surface area contributed by atoms with Crippen molar-refractivity contribution in [3.8, 4) is 5.75 Å². The van der Waals surface area contributed by atoms with E-state index in [0.717, 1.165) is 23.3 Å². The minimum absolute atomic E-state index is 0.149. The number of carbonyl (C=O) groups excluding carboxylic acids is 1. The lowest BCUT2D eigenvalue weighted by Crippen LogP contribution is -2.33. The van der Waals surface area contributed by atoms with Crippen LogP contribution in [0.15, 0.2) is 58.5 Å². The maximum atomic E-state index is 13.1. The molecule has 3 aromatic rings. The second kappa shape index (κ2) is 9.56. The third-order valence-corrected chi connectivity index (χ3v) is 6.44. The van der Waals surface area contributed by atoms with Crippen LogP contribution in [0, 0.1) is 5.82 Å². The molecule has 1 N–H and O–H groups in total. The second-order valence-electron chi connectivity index (χ2n) is 7.66. The van der Waals surface area contributed by atoms with Crippen LogP contribution < -0.4 is 15.6 Å². The van der Waals surface area contributed by atoms with E-state index in [1.54, 1.807) is 23.7 Å². The van der Waals surface area contributed by atoms with Crippen LogP contribution in [0.1, 0.15) is 42.4 Å². The van der Waals surface area contributed by atoms with Gasteiger partial charge in [0.25, 0.3) is 5.56 Å². The third-order valence-electron chi connectivity index (χ3n) is 5.34. The number of nitrogens with zero attached hydrogens (tertiary/aromatic N) is 2. The lowest BCUT2D eigenvalue weighted by molar-refractivity contribution is -0.116. The summed E-state index contributed by atoms with van der Waals surface area (Å²) in [6.45, 7) is 2.68. The molecule has 1 amide bonds. The van der Waals surface area contributed by atoms with Gasteiger partial charge < -0.3 is 14.6 Å². The molecule has 0 unspecified atom stereocenters. The number of halogens is 1. The first kappa shape index (κ1) is 22.1. The van der Waals surface area contributed by atoms with Crippen LogP contribution in [-0.4, -0.2) is 22.1 Å². The molecular weight excluding hydrogens is 429 g/mol. The average Bonchev–Trinajstić information content (AvgIpc) is 2.80. The monoisotopic (exact) mass is 453 g/mol. The molecule has 0 aliphatic carbocycles. The number of thioether (sulfide) groups is 1. The number of anilines is 1. The van der Waals surface area contributed by atoms with E-state index >= 15 is 0 Å². The standard InChI is InChI=1S/C24H24FN3O3S/c1-3-12-31-18-10-6-16(7-11-18)19-13-20(29)26-22-21(19)23(30)27-24(28(22)2)32-14-15-4-8-17(25)9-5-15/h4-11,19H,3,12-14H2,1-2H3,(H,26,29)/t19-/m0/s1. The van der Waals surface area contributed by atoms with Gasteiger partial charge in [-0.1, -0.05) is 43.0 Å². The molecule has 2 aromatic carbocycles. The smallest absolute Gasteiger partial charge is 0.279 e. The minimum Gasteiger partial charge on any atom is -0.494 e. The van der Waals surface area contributed by atoms with Gasteiger partial charge in [-0.25, -0.2) is 4.39 Å². The summed E-state index contributed by atoms with van der Waals surface area (Å²) in [6, 6.07) is 13.7. The van der Waals surface area contributed by atoms with Crippen LogP contribution in [0.25, 0.3) is 0 Å². The maximum Gasteiger partial charge on any atom is 0.279 e. The van der Waals surface area contributed by atoms with E-state index in [0.29, 0.717) is 28.9 Å². The summed E-state index contributed by atoms with van der Waals surface area (Å²) in [4.78, 5) is 29.8. The highest BCUT2D eigenvalue weighted by Gasteiger charge is 2.32. The van der Waals surface area contributed by atoms with Crippen molar-refractivity contribution >= 4 is 23.5 Å². The van der Waals surface area contributed by atoms with E-state index < -0.39 is 0 Å². The van der Waals surface area contributed by atoms with Crippen molar-refractivity contribution in [2.45, 2.75) is 36.6 Å². The molecule has 1 aromatic heterocycles. The van der Waals surface area contributed by atoms with Gasteiger partial charge in [0.2, 0.25) is 5.91 Å². The highest BCUT2D eigenvalue weighted by molar-refractivity contribution is 7.98. The third kappa shape index (κ3) is 4.70. The lowest BCUT2D eigenvalue weighted by Gasteiger charge is -2.27. The fourth-order valence-electron chi connectivity index (χ4n) is 3.69. The van der Waals surface area contributed by atoms with Gasteiger partial charge in [-0.05, 0) is 41.8 Å². The largest absolute Gasteiger partial charge is 0.494 e. The Labute approximate surface area is 189 Å². The Morgan fingerprint density at radius 2 is 1.88 bits per heavy atom. The molecule has 0 saturated heterocycles. The molecule has 1 aliphatic heterocycles. The Balaban J connectivity index is 1.63. The highest BCUT2D eigenvalue weighted by atomic mass is 32.2. The summed E-state index contributed by atoms with van der Waals surface area (Å²) in [7, 11) is 1.78. The van der Waals surface area contributed by atoms with Gasteiger partial charge in [0.15, 0.2) is 5.16 Å². The normalized spacial score (nSPS) is 15.2. The van der Waals surface area contributed by atoms with Gasteiger partial charge in [-0.2, -0.15) is 4.98 Å². The summed E-state index contributed by atoms with van der Waals surface area (Å²) in [6.07, 6.45) is 1.10. The van der Waals surface area contributed by atoms with Crippen LogP contribution in [0.5, 0.6) is 5.75 Å². The van der Waals surface area contributed by atoms with Gasteiger partial charge >= 0.3 is 0 Å². The summed E-state index contributed by atoms with van der Waals surface area (Å²) in [5.41, 5.74) is 1.92. The van der Waals surface area contributed by atoms with Gasteiger partial charge in [-0.15, -0.1) is 0 Å². The fraction of sp³-hybridized carbons (Fsp3) is 0.292. The van der Waals surface area contributed by atoms with Crippen LogP contribution in [0.2, 0.25) is 0 Å². The molecule has 6 nitrogen and oxygen atoms in total. The first-order valence-electron chi connectivity index (χ1n) is 10.5. The number of hydrogen-bond acceptors (Lipinski definition) is 5. The van der Waals surface area contributed by atoms with E-state index in [1.807, 2.05) is 31.2 Å². The topological polar surface area (TPSA) is 73.2 Å². The number of carbonyl (C=O) groups is 1. The zero-order valence-electron chi connectivity index (χ0n) is 17.9. The van der Waals surface area contributed by atoms with Crippen molar-refractivity contribution in [1.29, 1.82) is 0 Å². The van der Waals surface area contributed by atoms with E-state index in [-0.39, 0.29) is 29.6 Å². The molecule has 0 bridgehead atoms. The number of benzene rings is 2. The van der Waals surface area contributed by atoms with Crippen LogP contribution in [0.4, 0.5) is 10.2 Å². The van der Waals surface area contributed by atoms with E-state index in [1.165, 1.54) is 23.9 Å². The van der Waals surface area contributed by atoms with E-state index in [2.05, 4.69) is 10.3 Å². The Morgan fingerprint density at radius 1 is 1.16 bits per heavy atom. The molecule has 0 saturated carbocycles. The number of ether oxygens (including phenoxy) is 1. The maximum absolute atomic E-state index is 13.1. The molecule has 0 fully saturated rings. The number of hydrogen-bond donors (Lipinski definition) is 1. The van der Waals surface area contributed by atoms with E-state index in [9.17, 15) is 14.0 Å². The number of fused-ring (bicyclic) bond motifs is 1. The molecule has 32 heavy (non-hydrogen) atoms. The Bertz CT molecular complexity index is 1180.